The molecular formula is C17H31N5O3. The third-order valence-electron chi connectivity index (χ3n) is 3.90. The fourth-order valence-electron chi connectivity index (χ4n) is 2.32. The number of amides is 3. The van der Waals surface area contributed by atoms with Crippen molar-refractivity contribution in [3.8, 4) is 0 Å². The normalized spacial score (nSPS) is 10.8. The number of rotatable bonds is 11. The van der Waals surface area contributed by atoms with E-state index in [1.165, 1.54) is 4.90 Å². The van der Waals surface area contributed by atoms with Gasteiger partial charge in [-0.1, -0.05) is 32.3 Å². The molecule has 0 spiro atoms. The molecule has 8 nitrogen and oxygen atoms in total. The zero-order valence-electron chi connectivity index (χ0n) is 15.8. The van der Waals surface area contributed by atoms with Gasteiger partial charge in [-0.3, -0.25) is 4.79 Å². The van der Waals surface area contributed by atoms with Gasteiger partial charge in [0.15, 0.2) is 5.82 Å². The van der Waals surface area contributed by atoms with Crippen LogP contribution in [0.5, 0.6) is 0 Å². The molecule has 142 valence electrons. The maximum Gasteiger partial charge on any atom is 0.317 e. The smallest absolute Gasteiger partial charge is 0.317 e. The first-order chi connectivity index (χ1) is 12.0. The quantitative estimate of drug-likeness (QED) is 0.594. The van der Waals surface area contributed by atoms with Gasteiger partial charge < -0.3 is 25.0 Å². The number of aryl methyl sites for hydroxylation is 1. The fourth-order valence-corrected chi connectivity index (χ4v) is 2.32. The van der Waals surface area contributed by atoms with Crippen LogP contribution in [0.1, 0.15) is 39.4 Å². The van der Waals surface area contributed by atoms with E-state index < -0.39 is 0 Å². The first-order valence-electron chi connectivity index (χ1n) is 8.98. The summed E-state index contributed by atoms with van der Waals surface area (Å²) in [6.07, 6.45) is 1.92. The van der Waals surface area contributed by atoms with Crippen LogP contribution in [0.3, 0.4) is 0 Å². The maximum absolute atomic E-state index is 12.4. The zero-order valence-corrected chi connectivity index (χ0v) is 15.8. The molecule has 25 heavy (non-hydrogen) atoms. The molecule has 2 N–H and O–H groups in total. The van der Waals surface area contributed by atoms with Crippen molar-refractivity contribution in [2.45, 2.75) is 40.5 Å². The molecule has 0 atom stereocenters. The van der Waals surface area contributed by atoms with Crippen molar-refractivity contribution in [1.82, 2.24) is 20.3 Å². The minimum atomic E-state index is -0.293. The molecule has 0 aliphatic carbocycles. The monoisotopic (exact) mass is 353 g/mol. The average Bonchev–Trinajstić information content (AvgIpc) is 2.99. The van der Waals surface area contributed by atoms with E-state index in [2.05, 4.69) is 41.5 Å². The summed E-state index contributed by atoms with van der Waals surface area (Å²) in [6, 6.07) is 1.42. The van der Waals surface area contributed by atoms with Crippen molar-refractivity contribution in [1.29, 1.82) is 0 Å². The van der Waals surface area contributed by atoms with Gasteiger partial charge in [0, 0.05) is 25.7 Å². The van der Waals surface area contributed by atoms with E-state index in [0.29, 0.717) is 24.7 Å². The summed E-state index contributed by atoms with van der Waals surface area (Å²) in [5.74, 6) is 0.682. The Morgan fingerprint density at radius 1 is 1.20 bits per heavy atom. The number of carbonyl (C=O) groups excluding carboxylic acids is 2. The van der Waals surface area contributed by atoms with Crippen LogP contribution in [-0.4, -0.2) is 66.2 Å². The summed E-state index contributed by atoms with van der Waals surface area (Å²) in [5.41, 5.74) is 0. The minimum Gasteiger partial charge on any atom is -0.360 e. The molecule has 1 aromatic heterocycles. The highest BCUT2D eigenvalue weighted by atomic mass is 16.5. The number of hydrogen-bond acceptors (Lipinski definition) is 5. The SMILES string of the molecule is CCCCNC(=O)N(CCN(CC)CC)CC(=O)Nc1cc(C)on1. The third kappa shape index (κ3) is 8.02. The second kappa shape index (κ2) is 11.5. The van der Waals surface area contributed by atoms with Gasteiger partial charge in [-0.05, 0) is 26.4 Å². The highest BCUT2D eigenvalue weighted by molar-refractivity contribution is 5.93. The Hall–Kier alpha value is -2.09. The van der Waals surface area contributed by atoms with Crippen LogP contribution in [0.4, 0.5) is 10.6 Å². The minimum absolute atomic E-state index is 0.0227. The summed E-state index contributed by atoms with van der Waals surface area (Å²) in [6.45, 7) is 11.6. The Bertz CT molecular complexity index is 528. The van der Waals surface area contributed by atoms with Crippen molar-refractivity contribution in [3.63, 3.8) is 0 Å². The van der Waals surface area contributed by atoms with E-state index in [4.69, 9.17) is 4.52 Å². The van der Waals surface area contributed by atoms with Crippen molar-refractivity contribution >= 4 is 17.8 Å². The Kier molecular flexibility index (Phi) is 9.61. The largest absolute Gasteiger partial charge is 0.360 e. The van der Waals surface area contributed by atoms with Gasteiger partial charge in [0.05, 0.1) is 0 Å². The lowest BCUT2D eigenvalue weighted by molar-refractivity contribution is -0.116. The van der Waals surface area contributed by atoms with E-state index in [1.807, 2.05) is 0 Å². The standard InChI is InChI=1S/C17H31N5O3/c1-5-8-9-18-17(24)22(11-10-21(6-2)7-3)13-16(23)19-15-12-14(4)25-20-15/h12H,5-11,13H2,1-4H3,(H,18,24)(H,19,20,23). The number of anilines is 1. The van der Waals surface area contributed by atoms with Crippen LogP contribution >= 0.6 is 0 Å². The van der Waals surface area contributed by atoms with Crippen molar-refractivity contribution in [3.05, 3.63) is 11.8 Å². The van der Waals surface area contributed by atoms with Gasteiger partial charge in [0.2, 0.25) is 5.91 Å². The van der Waals surface area contributed by atoms with Crippen LogP contribution in [0.25, 0.3) is 0 Å². The predicted octanol–water partition coefficient (Wildman–Crippen LogP) is 2.08. The highest BCUT2D eigenvalue weighted by Crippen LogP contribution is 2.07. The van der Waals surface area contributed by atoms with Gasteiger partial charge >= 0.3 is 6.03 Å². The van der Waals surface area contributed by atoms with Crippen molar-refractivity contribution < 1.29 is 14.1 Å². The molecule has 1 aromatic rings. The van der Waals surface area contributed by atoms with Crippen LogP contribution in [-0.2, 0) is 4.79 Å². The molecule has 1 rings (SSSR count). The Balaban J connectivity index is 2.61. The van der Waals surface area contributed by atoms with Crippen LogP contribution in [0.2, 0.25) is 0 Å². The predicted molar refractivity (Wildman–Crippen MR) is 97.5 cm³/mol. The number of aromatic nitrogens is 1. The molecule has 0 aliphatic heterocycles. The molecule has 0 saturated heterocycles. The number of nitrogens with one attached hydrogen (secondary N) is 2. The lowest BCUT2D eigenvalue weighted by Gasteiger charge is -2.26. The molecule has 1 heterocycles. The van der Waals surface area contributed by atoms with Gasteiger partial charge in [-0.2, -0.15) is 0 Å². The van der Waals surface area contributed by atoms with Crippen LogP contribution in [0, 0.1) is 6.92 Å². The van der Waals surface area contributed by atoms with Crippen LogP contribution in [0.15, 0.2) is 10.6 Å². The van der Waals surface area contributed by atoms with E-state index in [1.54, 1.807) is 13.0 Å². The third-order valence-corrected chi connectivity index (χ3v) is 3.90. The van der Waals surface area contributed by atoms with Crippen molar-refractivity contribution in [2.24, 2.45) is 0 Å². The Morgan fingerprint density at radius 3 is 2.48 bits per heavy atom. The molecular weight excluding hydrogens is 322 g/mol. The summed E-state index contributed by atoms with van der Waals surface area (Å²) in [4.78, 5) is 28.4. The molecule has 0 unspecified atom stereocenters. The van der Waals surface area contributed by atoms with Gasteiger partial charge in [0.25, 0.3) is 0 Å². The Morgan fingerprint density at radius 2 is 1.92 bits per heavy atom. The molecule has 3 amide bonds. The molecule has 0 fully saturated rings. The molecule has 0 aliphatic rings. The van der Waals surface area contributed by atoms with Gasteiger partial charge in [-0.15, -0.1) is 0 Å². The van der Waals surface area contributed by atoms with Crippen LogP contribution < -0.4 is 10.6 Å². The summed E-state index contributed by atoms with van der Waals surface area (Å²) < 4.78 is 4.93. The fraction of sp³-hybridized carbons (Fsp3) is 0.706. The van der Waals surface area contributed by atoms with E-state index in [9.17, 15) is 9.59 Å². The summed E-state index contributed by atoms with van der Waals surface area (Å²) in [5, 5.41) is 9.26. The highest BCUT2D eigenvalue weighted by Gasteiger charge is 2.18. The topological polar surface area (TPSA) is 90.7 Å². The first-order valence-corrected chi connectivity index (χ1v) is 8.98. The van der Waals surface area contributed by atoms with E-state index in [-0.39, 0.29) is 18.5 Å². The number of carbonyl (C=O) groups is 2. The maximum atomic E-state index is 12.4. The second-order valence-corrected chi connectivity index (χ2v) is 5.90. The van der Waals surface area contributed by atoms with Gasteiger partial charge in [0.1, 0.15) is 12.3 Å². The average molecular weight is 353 g/mol. The number of hydrogen-bond donors (Lipinski definition) is 2. The van der Waals surface area contributed by atoms with Gasteiger partial charge in [-0.25, -0.2) is 4.79 Å². The summed E-state index contributed by atoms with van der Waals surface area (Å²) in [7, 11) is 0. The number of unbranched alkanes of at least 4 members (excludes halogenated alkanes) is 1. The number of urea groups is 1. The molecule has 0 radical (unpaired) electrons. The zero-order chi connectivity index (χ0) is 18.7. The van der Waals surface area contributed by atoms with E-state index in [0.717, 1.165) is 32.5 Å². The molecule has 0 saturated carbocycles. The Labute approximate surface area is 149 Å². The van der Waals surface area contributed by atoms with E-state index >= 15 is 0 Å². The second-order valence-electron chi connectivity index (χ2n) is 5.90. The summed E-state index contributed by atoms with van der Waals surface area (Å²) >= 11 is 0. The first kappa shape index (κ1) is 21.0. The molecule has 8 heteroatoms. The van der Waals surface area contributed by atoms with Crippen molar-refractivity contribution in [2.75, 3.05) is 44.6 Å². The number of likely N-dealkylation sites (N-methyl/N-ethyl adjacent to an activating group) is 1. The lowest BCUT2D eigenvalue weighted by atomic mass is 10.3. The lowest BCUT2D eigenvalue weighted by Crippen LogP contribution is -2.47. The molecule has 0 bridgehead atoms. The molecule has 0 aromatic carbocycles. The number of nitrogens with zero attached hydrogens (tertiary/aromatic N) is 3.